The third-order valence-electron chi connectivity index (χ3n) is 4.90. The molecule has 0 N–H and O–H groups in total. The van der Waals surface area contributed by atoms with Gasteiger partial charge in [0.25, 0.3) is 0 Å². The van der Waals surface area contributed by atoms with Gasteiger partial charge >= 0.3 is 0 Å². The van der Waals surface area contributed by atoms with Crippen molar-refractivity contribution in [3.63, 3.8) is 0 Å². The molecule has 1 aromatic heterocycles. The second kappa shape index (κ2) is 5.92. The fraction of sp³-hybridized carbons (Fsp3) is 0.588. The molecule has 1 aromatic rings. The van der Waals surface area contributed by atoms with Crippen LogP contribution in [0, 0.1) is 5.92 Å². The Morgan fingerprint density at radius 2 is 2.13 bits per heavy atom. The lowest BCUT2D eigenvalue weighted by Crippen LogP contribution is -2.68. The second-order valence-electron chi connectivity index (χ2n) is 6.64. The summed E-state index contributed by atoms with van der Waals surface area (Å²) < 4.78 is 11.9. The van der Waals surface area contributed by atoms with Crippen LogP contribution in [0.15, 0.2) is 30.7 Å². The maximum absolute atomic E-state index is 12.4. The number of allylic oxidation sites excluding steroid dienone is 2. The first-order chi connectivity index (χ1) is 11.2. The van der Waals surface area contributed by atoms with E-state index in [0.717, 1.165) is 25.7 Å². The summed E-state index contributed by atoms with van der Waals surface area (Å²) in [5, 5.41) is 0. The van der Waals surface area contributed by atoms with Crippen molar-refractivity contribution in [2.24, 2.45) is 5.92 Å². The quantitative estimate of drug-likeness (QED) is 0.793. The Morgan fingerprint density at radius 1 is 1.30 bits per heavy atom. The fourth-order valence-corrected chi connectivity index (χ4v) is 3.70. The predicted octanol–water partition coefficient (Wildman–Crippen LogP) is 1.58. The van der Waals surface area contributed by atoms with Crippen molar-refractivity contribution in [2.75, 3.05) is 19.7 Å². The zero-order valence-corrected chi connectivity index (χ0v) is 13.1. The molecule has 2 fully saturated rings. The van der Waals surface area contributed by atoms with Crippen LogP contribution in [-0.4, -0.2) is 52.2 Å². The normalized spacial score (nSPS) is 26.3. The van der Waals surface area contributed by atoms with Gasteiger partial charge in [0.05, 0.1) is 25.9 Å². The van der Waals surface area contributed by atoms with Gasteiger partial charge in [-0.3, -0.25) is 9.78 Å². The monoisotopic (exact) mass is 315 g/mol. The summed E-state index contributed by atoms with van der Waals surface area (Å²) in [6, 6.07) is 0. The summed E-state index contributed by atoms with van der Waals surface area (Å²) in [6.07, 6.45) is 12.6. The summed E-state index contributed by atoms with van der Waals surface area (Å²) >= 11 is 0. The van der Waals surface area contributed by atoms with E-state index in [9.17, 15) is 4.79 Å². The molecule has 6 heteroatoms. The van der Waals surface area contributed by atoms with Gasteiger partial charge in [-0.15, -0.1) is 0 Å². The van der Waals surface area contributed by atoms with Crippen LogP contribution in [0.3, 0.4) is 0 Å². The molecule has 4 rings (SSSR count). The molecule has 2 saturated heterocycles. The molecule has 1 atom stereocenters. The van der Waals surface area contributed by atoms with Gasteiger partial charge in [-0.1, -0.05) is 12.2 Å². The van der Waals surface area contributed by atoms with Gasteiger partial charge in [0.2, 0.25) is 11.8 Å². The maximum Gasteiger partial charge on any atom is 0.232 e. The minimum Gasteiger partial charge on any atom is -0.473 e. The molecule has 23 heavy (non-hydrogen) atoms. The van der Waals surface area contributed by atoms with Crippen molar-refractivity contribution in [1.82, 2.24) is 14.9 Å². The van der Waals surface area contributed by atoms with Crippen LogP contribution in [0.1, 0.15) is 25.7 Å². The molecule has 1 aliphatic carbocycles. The van der Waals surface area contributed by atoms with Crippen molar-refractivity contribution in [3.05, 3.63) is 30.7 Å². The number of rotatable bonds is 3. The third kappa shape index (κ3) is 2.95. The largest absolute Gasteiger partial charge is 0.473 e. The van der Waals surface area contributed by atoms with E-state index in [-0.39, 0.29) is 23.5 Å². The molecule has 122 valence electrons. The Balaban J connectivity index is 1.32. The summed E-state index contributed by atoms with van der Waals surface area (Å²) in [5.41, 5.74) is -0.229. The molecule has 0 radical (unpaired) electrons. The van der Waals surface area contributed by atoms with Crippen molar-refractivity contribution < 1.29 is 14.3 Å². The topological polar surface area (TPSA) is 64.6 Å². The van der Waals surface area contributed by atoms with Crippen LogP contribution in [0.25, 0.3) is 0 Å². The van der Waals surface area contributed by atoms with Gasteiger partial charge in [0.1, 0.15) is 11.7 Å². The van der Waals surface area contributed by atoms with E-state index in [4.69, 9.17) is 9.47 Å². The zero-order valence-electron chi connectivity index (χ0n) is 13.1. The van der Waals surface area contributed by atoms with E-state index in [1.165, 1.54) is 0 Å². The van der Waals surface area contributed by atoms with Crippen LogP contribution >= 0.6 is 0 Å². The lowest BCUT2D eigenvalue weighted by molar-refractivity contribution is -0.195. The molecular weight excluding hydrogens is 294 g/mol. The molecule has 0 bridgehead atoms. The van der Waals surface area contributed by atoms with Gasteiger partial charge in [-0.25, -0.2) is 4.98 Å². The Bertz CT molecular complexity index is 590. The summed E-state index contributed by atoms with van der Waals surface area (Å²) in [5.74, 6) is 0.961. The lowest BCUT2D eigenvalue weighted by atomic mass is 9.83. The summed E-state index contributed by atoms with van der Waals surface area (Å²) in [7, 11) is 0. The van der Waals surface area contributed by atoms with Crippen LogP contribution in [0.5, 0.6) is 5.88 Å². The van der Waals surface area contributed by atoms with E-state index < -0.39 is 0 Å². The van der Waals surface area contributed by atoms with Crippen molar-refractivity contribution in [1.29, 1.82) is 0 Å². The maximum atomic E-state index is 12.4. The number of carbonyl (C=O) groups excluding carboxylic acids is 1. The van der Waals surface area contributed by atoms with E-state index >= 15 is 0 Å². The molecule has 3 heterocycles. The smallest absolute Gasteiger partial charge is 0.232 e. The number of amides is 1. The standard InChI is InChI=1S/C17H21N3O3/c21-16(13-3-1-2-4-13)20-11-17(12-20)9-14(5-8-22-17)23-15-10-18-6-7-19-15/h1-2,6-7,10,13-14H,3-5,8-9,11-12H2/t14-/m1/s1. The SMILES string of the molecule is O=C(C1CC=CC1)N1CC2(C[C@H](Oc3cnccn3)CCO2)C1. The minimum absolute atomic E-state index is 0.0749. The number of likely N-dealkylation sites (tertiary alicyclic amines) is 1. The van der Waals surface area contributed by atoms with Gasteiger partial charge < -0.3 is 14.4 Å². The van der Waals surface area contributed by atoms with Gasteiger partial charge in [0.15, 0.2) is 0 Å². The first-order valence-electron chi connectivity index (χ1n) is 8.25. The molecule has 0 aromatic carbocycles. The number of hydrogen-bond acceptors (Lipinski definition) is 5. The highest BCUT2D eigenvalue weighted by Crippen LogP contribution is 2.37. The van der Waals surface area contributed by atoms with Crippen LogP contribution < -0.4 is 4.74 Å². The van der Waals surface area contributed by atoms with E-state index in [1.54, 1.807) is 18.6 Å². The number of aromatic nitrogens is 2. The Kier molecular flexibility index (Phi) is 3.77. The highest BCUT2D eigenvalue weighted by atomic mass is 16.5. The van der Waals surface area contributed by atoms with E-state index in [2.05, 4.69) is 22.1 Å². The highest BCUT2D eigenvalue weighted by Gasteiger charge is 2.50. The molecule has 0 saturated carbocycles. The Morgan fingerprint density at radius 3 is 2.87 bits per heavy atom. The van der Waals surface area contributed by atoms with Gasteiger partial charge in [-0.05, 0) is 12.8 Å². The summed E-state index contributed by atoms with van der Waals surface area (Å²) in [4.78, 5) is 22.5. The van der Waals surface area contributed by atoms with Gasteiger partial charge in [0, 0.05) is 31.2 Å². The summed E-state index contributed by atoms with van der Waals surface area (Å²) in [6.45, 7) is 2.03. The second-order valence-corrected chi connectivity index (χ2v) is 6.64. The number of hydrogen-bond donors (Lipinski definition) is 0. The Hall–Kier alpha value is -1.95. The first kappa shape index (κ1) is 14.6. The Labute approximate surface area is 135 Å². The van der Waals surface area contributed by atoms with Crippen LogP contribution in [0.4, 0.5) is 0 Å². The average molecular weight is 315 g/mol. The zero-order chi connectivity index (χ0) is 15.7. The van der Waals surface area contributed by atoms with Gasteiger partial charge in [-0.2, -0.15) is 0 Å². The fourth-order valence-electron chi connectivity index (χ4n) is 3.70. The molecule has 3 aliphatic rings. The average Bonchev–Trinajstić information content (AvgIpc) is 3.07. The van der Waals surface area contributed by atoms with Crippen molar-refractivity contribution in [3.8, 4) is 5.88 Å². The third-order valence-corrected chi connectivity index (χ3v) is 4.90. The van der Waals surface area contributed by atoms with Crippen LogP contribution in [-0.2, 0) is 9.53 Å². The highest BCUT2D eigenvalue weighted by molar-refractivity contribution is 5.80. The van der Waals surface area contributed by atoms with E-state index in [0.29, 0.717) is 25.6 Å². The number of nitrogens with zero attached hydrogens (tertiary/aromatic N) is 3. The molecular formula is C17H21N3O3. The van der Waals surface area contributed by atoms with Crippen LogP contribution in [0.2, 0.25) is 0 Å². The molecule has 1 spiro atoms. The number of ether oxygens (including phenoxy) is 2. The number of carbonyl (C=O) groups is 1. The van der Waals surface area contributed by atoms with E-state index in [1.807, 2.05) is 4.90 Å². The van der Waals surface area contributed by atoms with Crippen molar-refractivity contribution in [2.45, 2.75) is 37.4 Å². The predicted molar refractivity (Wildman–Crippen MR) is 82.8 cm³/mol. The lowest BCUT2D eigenvalue weighted by Gasteiger charge is -2.53. The van der Waals surface area contributed by atoms with Crippen molar-refractivity contribution >= 4 is 5.91 Å². The molecule has 6 nitrogen and oxygen atoms in total. The minimum atomic E-state index is -0.229. The molecule has 1 amide bonds. The first-order valence-corrected chi connectivity index (χ1v) is 8.25. The molecule has 2 aliphatic heterocycles. The molecule has 0 unspecified atom stereocenters.